The third kappa shape index (κ3) is 1.86. The minimum absolute atomic E-state index is 0.746. The number of anilines is 1. The van der Waals surface area contributed by atoms with Crippen molar-refractivity contribution in [3.05, 3.63) is 22.3 Å². The van der Waals surface area contributed by atoms with Gasteiger partial charge in [-0.05, 0) is 65.6 Å². The van der Waals surface area contributed by atoms with Crippen LogP contribution < -0.4 is 4.90 Å². The van der Waals surface area contributed by atoms with Crippen molar-refractivity contribution in [1.82, 2.24) is 4.98 Å². The van der Waals surface area contributed by atoms with Crippen LogP contribution in [-0.4, -0.2) is 18.1 Å². The largest absolute Gasteiger partial charge is 0.356 e. The summed E-state index contributed by atoms with van der Waals surface area (Å²) in [4.78, 5) is 7.06. The summed E-state index contributed by atoms with van der Waals surface area (Å²) in [5, 5.41) is 0. The van der Waals surface area contributed by atoms with Crippen LogP contribution in [0.1, 0.15) is 31.2 Å². The number of piperidine rings is 1. The van der Waals surface area contributed by atoms with Gasteiger partial charge in [0.15, 0.2) is 0 Å². The van der Waals surface area contributed by atoms with Gasteiger partial charge in [-0.25, -0.2) is 4.98 Å². The van der Waals surface area contributed by atoms with E-state index in [1.807, 2.05) is 6.07 Å². The molecule has 2 nitrogen and oxygen atoms in total. The molecule has 1 aromatic heterocycles. The summed E-state index contributed by atoms with van der Waals surface area (Å²) >= 11 is 3.46. The third-order valence-corrected chi connectivity index (χ3v) is 4.56. The molecular formula is C13H17BrN2. The summed E-state index contributed by atoms with van der Waals surface area (Å²) < 4.78 is 0.944. The topological polar surface area (TPSA) is 16.1 Å². The molecule has 2 aliphatic rings. The fourth-order valence-corrected chi connectivity index (χ4v) is 2.98. The summed E-state index contributed by atoms with van der Waals surface area (Å²) in [6.45, 7) is 4.52. The molecule has 86 valence electrons. The average molecular weight is 281 g/mol. The highest BCUT2D eigenvalue weighted by Gasteiger charge is 2.44. The zero-order chi connectivity index (χ0) is 11.2. The molecule has 2 heterocycles. The Hall–Kier alpha value is -0.570. The van der Waals surface area contributed by atoms with E-state index in [0.717, 1.165) is 10.0 Å². The molecule has 0 bridgehead atoms. The molecule has 1 aliphatic heterocycles. The summed E-state index contributed by atoms with van der Waals surface area (Å²) in [5.41, 5.74) is 2.03. The van der Waals surface area contributed by atoms with Crippen molar-refractivity contribution in [3.63, 3.8) is 0 Å². The van der Waals surface area contributed by atoms with Crippen LogP contribution in [0.25, 0.3) is 0 Å². The van der Waals surface area contributed by atoms with E-state index in [1.165, 1.54) is 50.2 Å². The number of pyridine rings is 1. The van der Waals surface area contributed by atoms with Crippen molar-refractivity contribution in [3.8, 4) is 0 Å². The predicted octanol–water partition coefficient (Wildman–Crippen LogP) is 3.53. The van der Waals surface area contributed by atoms with E-state index in [2.05, 4.69) is 38.8 Å². The van der Waals surface area contributed by atoms with Gasteiger partial charge >= 0.3 is 0 Å². The first-order chi connectivity index (χ1) is 7.69. The molecule has 3 rings (SSSR count). The second-order valence-corrected chi connectivity index (χ2v) is 6.07. The van der Waals surface area contributed by atoms with Crippen LogP contribution in [0, 0.1) is 12.3 Å². The van der Waals surface area contributed by atoms with E-state index in [4.69, 9.17) is 0 Å². The molecule has 2 fully saturated rings. The van der Waals surface area contributed by atoms with Crippen LogP contribution in [0.4, 0.5) is 5.82 Å². The second-order valence-electron chi connectivity index (χ2n) is 5.26. The van der Waals surface area contributed by atoms with Gasteiger partial charge in [-0.3, -0.25) is 0 Å². The van der Waals surface area contributed by atoms with Gasteiger partial charge in [-0.1, -0.05) is 6.07 Å². The fraction of sp³-hybridized carbons (Fsp3) is 0.615. The number of halogens is 1. The minimum atomic E-state index is 0.746. The van der Waals surface area contributed by atoms with Crippen molar-refractivity contribution in [2.24, 2.45) is 5.41 Å². The van der Waals surface area contributed by atoms with Crippen molar-refractivity contribution >= 4 is 21.7 Å². The molecule has 16 heavy (non-hydrogen) atoms. The molecule has 0 unspecified atom stereocenters. The molecule has 0 N–H and O–H groups in total. The predicted molar refractivity (Wildman–Crippen MR) is 69.8 cm³/mol. The summed E-state index contributed by atoms with van der Waals surface area (Å²) in [6.07, 6.45) is 5.65. The zero-order valence-electron chi connectivity index (χ0n) is 9.67. The Morgan fingerprint density at radius 3 is 2.50 bits per heavy atom. The maximum atomic E-state index is 4.61. The van der Waals surface area contributed by atoms with Crippen molar-refractivity contribution in [2.45, 2.75) is 32.6 Å². The summed E-state index contributed by atoms with van der Waals surface area (Å²) in [6, 6.07) is 4.17. The first-order valence-electron chi connectivity index (χ1n) is 6.07. The molecule has 1 aliphatic carbocycles. The van der Waals surface area contributed by atoms with Gasteiger partial charge in [0.25, 0.3) is 0 Å². The molecule has 0 atom stereocenters. The lowest BCUT2D eigenvalue weighted by Gasteiger charge is -2.33. The molecule has 0 aromatic carbocycles. The smallest absolute Gasteiger partial charge is 0.132 e. The van der Waals surface area contributed by atoms with E-state index in [0.29, 0.717) is 0 Å². The Balaban J connectivity index is 1.79. The van der Waals surface area contributed by atoms with Crippen LogP contribution in [-0.2, 0) is 0 Å². The summed E-state index contributed by atoms with van der Waals surface area (Å²) in [7, 11) is 0. The van der Waals surface area contributed by atoms with E-state index < -0.39 is 0 Å². The number of hydrogen-bond acceptors (Lipinski definition) is 2. The number of aromatic nitrogens is 1. The van der Waals surface area contributed by atoms with E-state index >= 15 is 0 Å². The number of rotatable bonds is 1. The standard InChI is InChI=1S/C13H17BrN2/c1-10-2-3-11(14)15-12(10)16-8-6-13(4-5-13)7-9-16/h2-3H,4-9H2,1H3. The minimum Gasteiger partial charge on any atom is -0.356 e. The fourth-order valence-electron chi connectivity index (χ4n) is 2.68. The Kier molecular flexibility index (Phi) is 2.46. The van der Waals surface area contributed by atoms with E-state index in [-0.39, 0.29) is 0 Å². The number of nitrogens with zero attached hydrogens (tertiary/aromatic N) is 2. The van der Waals surface area contributed by atoms with Gasteiger partial charge in [0.2, 0.25) is 0 Å². The quantitative estimate of drug-likeness (QED) is 0.732. The monoisotopic (exact) mass is 280 g/mol. The lowest BCUT2D eigenvalue weighted by molar-refractivity contribution is 0.383. The molecule has 1 saturated heterocycles. The normalized spacial score (nSPS) is 22.5. The highest BCUT2D eigenvalue weighted by molar-refractivity contribution is 9.10. The lowest BCUT2D eigenvalue weighted by Crippen LogP contribution is -2.35. The second kappa shape index (κ2) is 3.73. The van der Waals surface area contributed by atoms with Crippen molar-refractivity contribution in [2.75, 3.05) is 18.0 Å². The van der Waals surface area contributed by atoms with Crippen molar-refractivity contribution in [1.29, 1.82) is 0 Å². The molecule has 0 radical (unpaired) electrons. The zero-order valence-corrected chi connectivity index (χ0v) is 11.3. The Bertz CT molecular complexity index is 402. The molecule has 1 aromatic rings. The lowest BCUT2D eigenvalue weighted by atomic mass is 9.93. The first kappa shape index (κ1) is 10.6. The summed E-state index contributed by atoms with van der Waals surface area (Å²) in [5.74, 6) is 1.17. The van der Waals surface area contributed by atoms with Crippen molar-refractivity contribution < 1.29 is 0 Å². The van der Waals surface area contributed by atoms with Gasteiger partial charge in [0.05, 0.1) is 0 Å². The van der Waals surface area contributed by atoms with Gasteiger partial charge in [-0.2, -0.15) is 0 Å². The highest BCUT2D eigenvalue weighted by atomic mass is 79.9. The molecule has 1 saturated carbocycles. The molecule has 0 amide bonds. The van der Waals surface area contributed by atoms with Crippen LogP contribution in [0.5, 0.6) is 0 Å². The Morgan fingerprint density at radius 2 is 1.88 bits per heavy atom. The van der Waals surface area contributed by atoms with Crippen LogP contribution in [0.2, 0.25) is 0 Å². The van der Waals surface area contributed by atoms with Gasteiger partial charge in [0, 0.05) is 13.1 Å². The van der Waals surface area contributed by atoms with Crippen LogP contribution >= 0.6 is 15.9 Å². The van der Waals surface area contributed by atoms with Gasteiger partial charge < -0.3 is 4.90 Å². The Labute approximate surface area is 105 Å². The number of hydrogen-bond donors (Lipinski definition) is 0. The SMILES string of the molecule is Cc1ccc(Br)nc1N1CCC2(CC1)CC2. The molecular weight excluding hydrogens is 264 g/mol. The highest BCUT2D eigenvalue weighted by Crippen LogP contribution is 2.53. The van der Waals surface area contributed by atoms with Gasteiger partial charge in [0.1, 0.15) is 10.4 Å². The van der Waals surface area contributed by atoms with E-state index in [9.17, 15) is 0 Å². The molecule has 1 spiro atoms. The van der Waals surface area contributed by atoms with Crippen LogP contribution in [0.3, 0.4) is 0 Å². The van der Waals surface area contributed by atoms with Crippen LogP contribution in [0.15, 0.2) is 16.7 Å². The number of aryl methyl sites for hydroxylation is 1. The first-order valence-corrected chi connectivity index (χ1v) is 6.86. The maximum Gasteiger partial charge on any atom is 0.132 e. The van der Waals surface area contributed by atoms with Gasteiger partial charge in [-0.15, -0.1) is 0 Å². The average Bonchev–Trinajstić information content (AvgIpc) is 3.03. The maximum absolute atomic E-state index is 4.61. The Morgan fingerprint density at radius 1 is 1.19 bits per heavy atom. The third-order valence-electron chi connectivity index (χ3n) is 4.12. The molecule has 3 heteroatoms. The van der Waals surface area contributed by atoms with E-state index in [1.54, 1.807) is 0 Å².